The Bertz CT molecular complexity index is 523. The van der Waals surface area contributed by atoms with Crippen molar-refractivity contribution in [3.63, 3.8) is 0 Å². The Morgan fingerprint density at radius 1 is 1.53 bits per heavy atom. The molecule has 1 aliphatic heterocycles. The lowest BCUT2D eigenvalue weighted by atomic mass is 10.1. The zero-order chi connectivity index (χ0) is 12.5. The number of halogens is 1. The van der Waals surface area contributed by atoms with Crippen LogP contribution in [0.15, 0.2) is 12.1 Å². The summed E-state index contributed by atoms with van der Waals surface area (Å²) in [5.41, 5.74) is 0. The van der Waals surface area contributed by atoms with Crippen molar-refractivity contribution in [2.24, 2.45) is 5.92 Å². The molecular formula is C10H12ClNO3S2. The van der Waals surface area contributed by atoms with Gasteiger partial charge in [0.2, 0.25) is 0 Å². The van der Waals surface area contributed by atoms with Gasteiger partial charge in [-0.25, -0.2) is 8.42 Å². The molecule has 0 bridgehead atoms. The maximum atomic E-state index is 11.7. The Morgan fingerprint density at radius 3 is 2.82 bits per heavy atom. The molecular weight excluding hydrogens is 282 g/mol. The van der Waals surface area contributed by atoms with Gasteiger partial charge in [-0.15, -0.1) is 11.3 Å². The lowest BCUT2D eigenvalue weighted by molar-refractivity contribution is 0.0952. The molecule has 2 heterocycles. The van der Waals surface area contributed by atoms with Crippen LogP contribution < -0.4 is 5.32 Å². The van der Waals surface area contributed by atoms with Gasteiger partial charge in [0, 0.05) is 6.54 Å². The first-order valence-electron chi connectivity index (χ1n) is 5.20. The summed E-state index contributed by atoms with van der Waals surface area (Å²) in [6.45, 7) is 0.410. The quantitative estimate of drug-likeness (QED) is 0.920. The molecule has 1 unspecified atom stereocenters. The molecule has 17 heavy (non-hydrogen) atoms. The molecule has 1 fully saturated rings. The van der Waals surface area contributed by atoms with Gasteiger partial charge in [0.25, 0.3) is 5.91 Å². The average Bonchev–Trinajstić information content (AvgIpc) is 2.81. The minimum absolute atomic E-state index is 0.0411. The van der Waals surface area contributed by atoms with Crippen LogP contribution >= 0.6 is 22.9 Å². The molecule has 1 amide bonds. The number of carbonyl (C=O) groups is 1. The van der Waals surface area contributed by atoms with Crippen molar-refractivity contribution in [3.8, 4) is 0 Å². The Labute approximate surface area is 109 Å². The van der Waals surface area contributed by atoms with Gasteiger partial charge >= 0.3 is 0 Å². The predicted molar refractivity (Wildman–Crippen MR) is 68.4 cm³/mol. The summed E-state index contributed by atoms with van der Waals surface area (Å²) in [5, 5.41) is 2.74. The monoisotopic (exact) mass is 293 g/mol. The van der Waals surface area contributed by atoms with Crippen molar-refractivity contribution in [1.29, 1.82) is 0 Å². The van der Waals surface area contributed by atoms with E-state index in [1.807, 2.05) is 0 Å². The molecule has 1 aromatic rings. The fourth-order valence-electron chi connectivity index (χ4n) is 1.79. The third-order valence-corrected chi connectivity index (χ3v) is 5.74. The van der Waals surface area contributed by atoms with Crippen LogP contribution in [0.5, 0.6) is 0 Å². The lowest BCUT2D eigenvalue weighted by Crippen LogP contribution is -2.29. The summed E-state index contributed by atoms with van der Waals surface area (Å²) >= 11 is 6.94. The van der Waals surface area contributed by atoms with Crippen molar-refractivity contribution < 1.29 is 13.2 Å². The van der Waals surface area contributed by atoms with E-state index in [1.165, 1.54) is 11.3 Å². The number of rotatable bonds is 3. The van der Waals surface area contributed by atoms with Gasteiger partial charge in [-0.2, -0.15) is 0 Å². The van der Waals surface area contributed by atoms with Gasteiger partial charge < -0.3 is 5.32 Å². The number of amides is 1. The van der Waals surface area contributed by atoms with Gasteiger partial charge in [-0.05, 0) is 24.5 Å². The molecule has 1 aromatic heterocycles. The smallest absolute Gasteiger partial charge is 0.261 e. The van der Waals surface area contributed by atoms with Gasteiger partial charge in [-0.1, -0.05) is 11.6 Å². The van der Waals surface area contributed by atoms with Crippen LogP contribution in [0.3, 0.4) is 0 Å². The van der Waals surface area contributed by atoms with Crippen LogP contribution in [0.4, 0.5) is 0 Å². The second kappa shape index (κ2) is 4.96. The van der Waals surface area contributed by atoms with Crippen molar-refractivity contribution >= 4 is 38.7 Å². The van der Waals surface area contributed by atoms with Gasteiger partial charge in [-0.3, -0.25) is 4.79 Å². The van der Waals surface area contributed by atoms with Crippen molar-refractivity contribution in [2.75, 3.05) is 18.1 Å². The highest BCUT2D eigenvalue weighted by atomic mass is 35.5. The Balaban J connectivity index is 1.85. The molecule has 4 nitrogen and oxygen atoms in total. The van der Waals surface area contributed by atoms with Gasteiger partial charge in [0.15, 0.2) is 9.84 Å². The fraction of sp³-hybridized carbons (Fsp3) is 0.500. The summed E-state index contributed by atoms with van der Waals surface area (Å²) in [7, 11) is -2.87. The van der Waals surface area contributed by atoms with Crippen LogP contribution in [0.25, 0.3) is 0 Å². The number of sulfone groups is 1. The normalized spacial score (nSPS) is 22.5. The van der Waals surface area contributed by atoms with Crippen LogP contribution in [0.1, 0.15) is 16.1 Å². The summed E-state index contributed by atoms with van der Waals surface area (Å²) in [6.07, 6.45) is 0.633. The maximum Gasteiger partial charge on any atom is 0.261 e. The lowest BCUT2D eigenvalue weighted by Gasteiger charge is -2.08. The van der Waals surface area contributed by atoms with Crippen LogP contribution in [0, 0.1) is 5.92 Å². The third kappa shape index (κ3) is 3.43. The highest BCUT2D eigenvalue weighted by molar-refractivity contribution is 7.91. The molecule has 1 aliphatic rings. The summed E-state index contributed by atoms with van der Waals surface area (Å²) in [6, 6.07) is 3.33. The van der Waals surface area contributed by atoms with Crippen molar-refractivity contribution in [3.05, 3.63) is 21.3 Å². The minimum atomic E-state index is -2.87. The van der Waals surface area contributed by atoms with E-state index in [4.69, 9.17) is 11.6 Å². The molecule has 2 rings (SSSR count). The Hall–Kier alpha value is -0.590. The molecule has 1 saturated heterocycles. The highest BCUT2D eigenvalue weighted by Crippen LogP contribution is 2.22. The van der Waals surface area contributed by atoms with Crippen molar-refractivity contribution in [2.45, 2.75) is 6.42 Å². The number of carbonyl (C=O) groups excluding carboxylic acids is 1. The molecule has 0 aliphatic carbocycles. The second-order valence-corrected chi connectivity index (χ2v) is 8.03. The molecule has 1 N–H and O–H groups in total. The predicted octanol–water partition coefficient (Wildman–Crippen LogP) is 1.57. The third-order valence-electron chi connectivity index (χ3n) is 2.68. The first-order chi connectivity index (χ1) is 7.96. The average molecular weight is 294 g/mol. The summed E-state index contributed by atoms with van der Waals surface area (Å²) in [4.78, 5) is 12.2. The summed E-state index contributed by atoms with van der Waals surface area (Å²) < 4.78 is 23.0. The van der Waals surface area contributed by atoms with Crippen LogP contribution in [-0.2, 0) is 9.84 Å². The molecule has 1 atom stereocenters. The minimum Gasteiger partial charge on any atom is -0.351 e. The van der Waals surface area contributed by atoms with E-state index in [0.717, 1.165) is 0 Å². The number of nitrogens with one attached hydrogen (secondary N) is 1. The largest absolute Gasteiger partial charge is 0.351 e. The zero-order valence-electron chi connectivity index (χ0n) is 8.98. The van der Waals surface area contributed by atoms with E-state index in [0.29, 0.717) is 22.2 Å². The summed E-state index contributed by atoms with van der Waals surface area (Å²) in [5.74, 6) is 0.266. The Morgan fingerprint density at radius 2 is 2.29 bits per heavy atom. The topological polar surface area (TPSA) is 63.2 Å². The molecule has 0 radical (unpaired) electrons. The van der Waals surface area contributed by atoms with Gasteiger partial charge in [0.05, 0.1) is 20.7 Å². The molecule has 94 valence electrons. The molecule has 0 spiro atoms. The first kappa shape index (κ1) is 12.9. The van der Waals surface area contributed by atoms with E-state index < -0.39 is 9.84 Å². The maximum absolute atomic E-state index is 11.7. The van der Waals surface area contributed by atoms with Crippen LogP contribution in [0.2, 0.25) is 4.34 Å². The fourth-order valence-corrected chi connectivity index (χ4v) is 4.61. The number of hydrogen-bond donors (Lipinski definition) is 1. The van der Waals surface area contributed by atoms with E-state index in [1.54, 1.807) is 12.1 Å². The second-order valence-electron chi connectivity index (χ2n) is 4.08. The van der Waals surface area contributed by atoms with E-state index in [-0.39, 0.29) is 23.3 Å². The zero-order valence-corrected chi connectivity index (χ0v) is 11.4. The van der Waals surface area contributed by atoms with Crippen LogP contribution in [-0.4, -0.2) is 32.4 Å². The molecule has 7 heteroatoms. The number of hydrogen-bond acceptors (Lipinski definition) is 4. The standard InChI is InChI=1S/C10H12ClNO3S2/c11-9-2-1-8(16-9)10(13)12-5-7-3-4-17(14,15)6-7/h1-2,7H,3-6H2,(H,12,13). The highest BCUT2D eigenvalue weighted by Gasteiger charge is 2.28. The van der Waals surface area contributed by atoms with E-state index >= 15 is 0 Å². The number of thiophene rings is 1. The molecule has 0 aromatic carbocycles. The first-order valence-corrected chi connectivity index (χ1v) is 8.22. The van der Waals surface area contributed by atoms with E-state index in [2.05, 4.69) is 5.32 Å². The van der Waals surface area contributed by atoms with Crippen molar-refractivity contribution in [1.82, 2.24) is 5.32 Å². The SMILES string of the molecule is O=C(NCC1CCS(=O)(=O)C1)c1ccc(Cl)s1. The van der Waals surface area contributed by atoms with Gasteiger partial charge in [0.1, 0.15) is 0 Å². The molecule has 0 saturated carbocycles. The van der Waals surface area contributed by atoms with E-state index in [9.17, 15) is 13.2 Å². The Kier molecular flexibility index (Phi) is 3.75.